The van der Waals surface area contributed by atoms with Crippen LogP contribution in [0.4, 0.5) is 13.2 Å². The monoisotopic (exact) mass is 418 g/mol. The van der Waals surface area contributed by atoms with Crippen molar-refractivity contribution in [1.29, 1.82) is 0 Å². The molecule has 2 bridgehead atoms. The molecule has 3 atom stereocenters. The molecule has 154 valence electrons. The lowest BCUT2D eigenvalue weighted by atomic mass is 9.79. The number of methoxy groups -OCH3 is 1. The van der Waals surface area contributed by atoms with E-state index in [1.165, 1.54) is 7.11 Å². The Bertz CT molecular complexity index is 918. The number of carbonyl (C=O) groups excluding carboxylic acids is 1. The third-order valence-electron chi connectivity index (χ3n) is 6.33. The van der Waals surface area contributed by atoms with E-state index in [2.05, 4.69) is 4.72 Å². The molecule has 0 amide bonds. The van der Waals surface area contributed by atoms with E-state index in [4.69, 9.17) is 4.74 Å². The van der Waals surface area contributed by atoms with Gasteiger partial charge in [-0.1, -0.05) is 6.07 Å². The molecule has 1 aliphatic heterocycles. The fraction of sp³-hybridized carbons (Fsp3) is 0.611. The quantitative estimate of drug-likeness (QED) is 0.746. The summed E-state index contributed by atoms with van der Waals surface area (Å²) < 4.78 is 71.5. The summed E-state index contributed by atoms with van der Waals surface area (Å²) in [6.45, 7) is -1.66. The largest absolute Gasteiger partial charge is 0.465 e. The molecule has 1 aromatic carbocycles. The van der Waals surface area contributed by atoms with Crippen LogP contribution in [-0.2, 0) is 27.8 Å². The Morgan fingerprint density at radius 3 is 2.50 bits per heavy atom. The van der Waals surface area contributed by atoms with E-state index in [0.29, 0.717) is 22.7 Å². The van der Waals surface area contributed by atoms with Crippen LogP contribution in [0.25, 0.3) is 0 Å². The lowest BCUT2D eigenvalue weighted by Crippen LogP contribution is -2.52. The lowest BCUT2D eigenvalue weighted by molar-refractivity contribution is -0.136. The van der Waals surface area contributed by atoms with Gasteiger partial charge >= 0.3 is 12.1 Å². The average Bonchev–Trinajstić information content (AvgIpc) is 2.97. The molecule has 10 heteroatoms. The molecule has 1 spiro atoms. The Hall–Kier alpha value is -1.65. The van der Waals surface area contributed by atoms with Crippen molar-refractivity contribution in [2.24, 2.45) is 11.8 Å². The lowest BCUT2D eigenvalue weighted by Gasteiger charge is -2.33. The number of ether oxygens (including phenoxy) is 1. The first kappa shape index (κ1) is 19.7. The van der Waals surface area contributed by atoms with Crippen LogP contribution in [0.2, 0.25) is 0 Å². The molecular weight excluding hydrogens is 397 g/mol. The van der Waals surface area contributed by atoms with Crippen molar-refractivity contribution in [3.63, 3.8) is 0 Å². The van der Waals surface area contributed by atoms with Crippen molar-refractivity contribution in [3.8, 4) is 0 Å². The van der Waals surface area contributed by atoms with Crippen LogP contribution >= 0.6 is 0 Å². The maximum atomic E-state index is 12.9. The minimum atomic E-state index is -4.59. The summed E-state index contributed by atoms with van der Waals surface area (Å²) in [4.78, 5) is 11.8. The molecule has 0 aromatic heterocycles. The van der Waals surface area contributed by atoms with Crippen LogP contribution in [-0.4, -0.2) is 50.6 Å². The van der Waals surface area contributed by atoms with E-state index < -0.39 is 34.4 Å². The van der Waals surface area contributed by atoms with Crippen molar-refractivity contribution in [3.05, 3.63) is 34.9 Å². The number of carbonyl (C=O) groups is 1. The van der Waals surface area contributed by atoms with Crippen LogP contribution in [0, 0.1) is 11.8 Å². The molecule has 1 aromatic rings. The summed E-state index contributed by atoms with van der Waals surface area (Å²) in [5, 5.41) is 0. The van der Waals surface area contributed by atoms with Crippen LogP contribution in [0.15, 0.2) is 18.2 Å². The van der Waals surface area contributed by atoms with Crippen molar-refractivity contribution in [1.82, 2.24) is 9.03 Å². The Morgan fingerprint density at radius 2 is 1.89 bits per heavy atom. The van der Waals surface area contributed by atoms with Crippen LogP contribution in [0.1, 0.15) is 34.3 Å². The second-order valence-electron chi connectivity index (χ2n) is 7.89. The third kappa shape index (κ3) is 3.21. The van der Waals surface area contributed by atoms with E-state index in [1.807, 2.05) is 6.07 Å². The Morgan fingerprint density at radius 1 is 1.25 bits per heavy atom. The number of alkyl halides is 3. The van der Waals surface area contributed by atoms with Crippen molar-refractivity contribution < 1.29 is 31.1 Å². The number of fused-ring (bicyclic) bond motifs is 1. The molecular formula is C18H21F3N2O4S. The summed E-state index contributed by atoms with van der Waals surface area (Å²) in [5.41, 5.74) is 1.45. The number of nitrogens with zero attached hydrogens (tertiary/aromatic N) is 1. The minimum Gasteiger partial charge on any atom is -0.465 e. The highest BCUT2D eigenvalue weighted by Crippen LogP contribution is 2.50. The summed E-state index contributed by atoms with van der Waals surface area (Å²) in [7, 11) is -2.89. The standard InChI is InChI=1S/C18H21F3N2O4S/c1-27-16(24)12-3-2-11-7-14-4-5-15(8-13(11)6-12)17(14)9-23(10-18(19,20)21)28(25,26)22-17/h2-3,6,14-15,22H,4-5,7-10H2,1H3/t14-,15+,17-/m1/s1. The van der Waals surface area contributed by atoms with Gasteiger partial charge in [-0.25, -0.2) is 4.79 Å². The van der Waals surface area contributed by atoms with Crippen molar-refractivity contribution >= 4 is 16.2 Å². The number of nitrogens with one attached hydrogen (secondary N) is 1. The second-order valence-corrected chi connectivity index (χ2v) is 9.56. The molecule has 3 aliphatic rings. The normalized spacial score (nSPS) is 31.6. The Labute approximate surface area is 161 Å². The van der Waals surface area contributed by atoms with Gasteiger partial charge in [0.05, 0.1) is 18.2 Å². The van der Waals surface area contributed by atoms with Crippen molar-refractivity contribution in [2.75, 3.05) is 20.2 Å². The highest BCUT2D eigenvalue weighted by atomic mass is 32.2. The smallest absolute Gasteiger partial charge is 0.402 e. The first-order valence-electron chi connectivity index (χ1n) is 9.10. The first-order valence-corrected chi connectivity index (χ1v) is 10.5. The van der Waals surface area contributed by atoms with Gasteiger partial charge in [0.1, 0.15) is 6.54 Å². The molecule has 2 fully saturated rings. The van der Waals surface area contributed by atoms with Gasteiger partial charge in [0.25, 0.3) is 10.2 Å². The minimum absolute atomic E-state index is 0.0873. The summed E-state index contributed by atoms with van der Waals surface area (Å²) in [5.74, 6) is -0.666. The number of hydrogen-bond acceptors (Lipinski definition) is 4. The van der Waals surface area contributed by atoms with Crippen LogP contribution in [0.5, 0.6) is 0 Å². The van der Waals surface area contributed by atoms with Gasteiger partial charge in [-0.15, -0.1) is 0 Å². The van der Waals surface area contributed by atoms with E-state index in [9.17, 15) is 26.4 Å². The molecule has 1 heterocycles. The molecule has 0 unspecified atom stereocenters. The number of benzene rings is 1. The highest BCUT2D eigenvalue weighted by molar-refractivity contribution is 7.87. The number of rotatable bonds is 2. The zero-order valence-electron chi connectivity index (χ0n) is 15.3. The molecule has 2 aliphatic carbocycles. The number of hydrogen-bond donors (Lipinski definition) is 1. The maximum Gasteiger partial charge on any atom is 0.402 e. The number of halogens is 3. The Balaban J connectivity index is 1.67. The van der Waals surface area contributed by atoms with Gasteiger partial charge in [-0.2, -0.15) is 30.6 Å². The van der Waals surface area contributed by atoms with Crippen LogP contribution in [0.3, 0.4) is 0 Å². The fourth-order valence-electron chi connectivity index (χ4n) is 5.09. The van der Waals surface area contributed by atoms with Crippen molar-refractivity contribution in [2.45, 2.75) is 37.4 Å². The Kier molecular flexibility index (Phi) is 4.51. The molecule has 0 radical (unpaired) electrons. The number of esters is 1. The summed E-state index contributed by atoms with van der Waals surface area (Å²) in [6, 6.07) is 5.27. The topological polar surface area (TPSA) is 75.7 Å². The van der Waals surface area contributed by atoms with Gasteiger partial charge in [0.15, 0.2) is 0 Å². The molecule has 1 N–H and O–H groups in total. The van der Waals surface area contributed by atoms with Gasteiger partial charge in [0.2, 0.25) is 0 Å². The van der Waals surface area contributed by atoms with E-state index in [1.54, 1.807) is 12.1 Å². The molecule has 1 saturated heterocycles. The molecule has 1 saturated carbocycles. The molecule has 4 rings (SSSR count). The van der Waals surface area contributed by atoms with Gasteiger partial charge < -0.3 is 4.74 Å². The highest BCUT2D eigenvalue weighted by Gasteiger charge is 2.60. The zero-order valence-corrected chi connectivity index (χ0v) is 16.1. The summed E-state index contributed by atoms with van der Waals surface area (Å²) >= 11 is 0. The third-order valence-corrected chi connectivity index (χ3v) is 7.91. The van der Waals surface area contributed by atoms with Gasteiger partial charge in [0, 0.05) is 6.54 Å². The SMILES string of the molecule is COC(=O)c1ccc2c(c1)C[C@@H]1CC[C@H](C2)[C@]12CN(CC(F)(F)F)S(=O)(=O)N2. The summed E-state index contributed by atoms with van der Waals surface area (Å²) in [6.07, 6.45) is -2.03. The molecule has 28 heavy (non-hydrogen) atoms. The van der Waals surface area contributed by atoms with Gasteiger partial charge in [-0.3, -0.25) is 0 Å². The first-order chi connectivity index (χ1) is 13.0. The van der Waals surface area contributed by atoms with E-state index in [-0.39, 0.29) is 18.4 Å². The maximum absolute atomic E-state index is 12.9. The predicted octanol–water partition coefficient (Wildman–Crippen LogP) is 2.05. The fourth-order valence-corrected chi connectivity index (χ4v) is 6.80. The average molecular weight is 418 g/mol. The van der Waals surface area contributed by atoms with Gasteiger partial charge in [-0.05, 0) is 60.8 Å². The van der Waals surface area contributed by atoms with Crippen LogP contribution < -0.4 is 4.72 Å². The van der Waals surface area contributed by atoms with E-state index in [0.717, 1.165) is 24.0 Å². The predicted molar refractivity (Wildman–Crippen MR) is 93.8 cm³/mol. The van der Waals surface area contributed by atoms with E-state index >= 15 is 0 Å². The zero-order chi connectivity index (χ0) is 20.3. The second kappa shape index (κ2) is 6.43. The molecule has 6 nitrogen and oxygen atoms in total.